The fourth-order valence-electron chi connectivity index (χ4n) is 2.15. The molecule has 2 rings (SSSR count). The van der Waals surface area contributed by atoms with E-state index in [0.29, 0.717) is 19.8 Å². The standard InChI is InChI=1S/C20H26N2O4/c1-3-12-25-18-8-4-16(5-9-18)21-15-20(23)22-17-6-10-19(11-7-17)26-14-13-24-2/h4-11,21H,3,12-15H2,1-2H3,(H,22,23). The smallest absolute Gasteiger partial charge is 0.243 e. The first kappa shape index (κ1) is 19.6. The molecule has 2 aromatic carbocycles. The van der Waals surface area contributed by atoms with Crippen molar-refractivity contribution in [3.05, 3.63) is 48.5 Å². The molecule has 0 aromatic heterocycles. The zero-order chi connectivity index (χ0) is 18.6. The molecule has 0 unspecified atom stereocenters. The minimum Gasteiger partial charge on any atom is -0.494 e. The van der Waals surface area contributed by atoms with Gasteiger partial charge in [0, 0.05) is 18.5 Å². The summed E-state index contributed by atoms with van der Waals surface area (Å²) in [4.78, 5) is 12.0. The van der Waals surface area contributed by atoms with E-state index in [-0.39, 0.29) is 12.5 Å². The van der Waals surface area contributed by atoms with Gasteiger partial charge in [0.15, 0.2) is 0 Å². The van der Waals surface area contributed by atoms with Gasteiger partial charge in [-0.1, -0.05) is 6.92 Å². The average molecular weight is 358 g/mol. The van der Waals surface area contributed by atoms with Crippen LogP contribution in [0.25, 0.3) is 0 Å². The Bertz CT molecular complexity index is 657. The summed E-state index contributed by atoms with van der Waals surface area (Å²) >= 11 is 0. The zero-order valence-electron chi connectivity index (χ0n) is 15.3. The first-order chi connectivity index (χ1) is 12.7. The molecule has 0 radical (unpaired) electrons. The predicted molar refractivity (Wildman–Crippen MR) is 103 cm³/mol. The molecule has 0 atom stereocenters. The molecule has 140 valence electrons. The van der Waals surface area contributed by atoms with Crippen molar-refractivity contribution in [1.29, 1.82) is 0 Å². The van der Waals surface area contributed by atoms with Crippen LogP contribution in [0.15, 0.2) is 48.5 Å². The van der Waals surface area contributed by atoms with Crippen LogP contribution in [0.4, 0.5) is 11.4 Å². The molecular weight excluding hydrogens is 332 g/mol. The van der Waals surface area contributed by atoms with E-state index in [2.05, 4.69) is 17.6 Å². The molecule has 0 saturated carbocycles. The van der Waals surface area contributed by atoms with Crippen LogP contribution in [0, 0.1) is 0 Å². The molecule has 2 N–H and O–H groups in total. The Labute approximate surface area is 154 Å². The van der Waals surface area contributed by atoms with E-state index < -0.39 is 0 Å². The maximum atomic E-state index is 12.0. The van der Waals surface area contributed by atoms with E-state index in [9.17, 15) is 4.79 Å². The van der Waals surface area contributed by atoms with E-state index in [1.54, 1.807) is 19.2 Å². The molecule has 0 bridgehead atoms. The Morgan fingerprint density at radius 2 is 1.42 bits per heavy atom. The van der Waals surface area contributed by atoms with Gasteiger partial charge in [0.05, 0.1) is 19.8 Å². The average Bonchev–Trinajstić information content (AvgIpc) is 2.67. The van der Waals surface area contributed by atoms with Crippen molar-refractivity contribution in [2.24, 2.45) is 0 Å². The number of carbonyl (C=O) groups excluding carboxylic acids is 1. The maximum absolute atomic E-state index is 12.0. The lowest BCUT2D eigenvalue weighted by molar-refractivity contribution is -0.114. The van der Waals surface area contributed by atoms with Crippen LogP contribution in [0.5, 0.6) is 11.5 Å². The van der Waals surface area contributed by atoms with Gasteiger partial charge in [-0.25, -0.2) is 0 Å². The summed E-state index contributed by atoms with van der Waals surface area (Å²) in [5, 5.41) is 5.93. The van der Waals surface area contributed by atoms with E-state index in [1.807, 2.05) is 36.4 Å². The molecule has 6 heteroatoms. The summed E-state index contributed by atoms with van der Waals surface area (Å²) in [6.07, 6.45) is 0.973. The molecule has 0 fully saturated rings. The lowest BCUT2D eigenvalue weighted by Crippen LogP contribution is -2.21. The Balaban J connectivity index is 1.74. The Morgan fingerprint density at radius 1 is 0.846 bits per heavy atom. The molecule has 0 aliphatic heterocycles. The van der Waals surface area contributed by atoms with Gasteiger partial charge in [0.1, 0.15) is 18.1 Å². The van der Waals surface area contributed by atoms with Crippen molar-refractivity contribution >= 4 is 17.3 Å². The summed E-state index contributed by atoms with van der Waals surface area (Å²) in [6, 6.07) is 14.8. The van der Waals surface area contributed by atoms with E-state index in [4.69, 9.17) is 14.2 Å². The van der Waals surface area contributed by atoms with Gasteiger partial charge >= 0.3 is 0 Å². The van der Waals surface area contributed by atoms with Crippen LogP contribution in [0.3, 0.4) is 0 Å². The lowest BCUT2D eigenvalue weighted by atomic mass is 10.3. The molecule has 6 nitrogen and oxygen atoms in total. The number of methoxy groups -OCH3 is 1. The Morgan fingerprint density at radius 3 is 2.00 bits per heavy atom. The fourth-order valence-corrected chi connectivity index (χ4v) is 2.15. The zero-order valence-corrected chi connectivity index (χ0v) is 15.3. The minimum atomic E-state index is -0.121. The molecule has 2 aromatic rings. The van der Waals surface area contributed by atoms with E-state index in [0.717, 1.165) is 29.3 Å². The number of benzene rings is 2. The Hall–Kier alpha value is -2.73. The summed E-state index contributed by atoms with van der Waals surface area (Å²) in [5.41, 5.74) is 1.59. The SMILES string of the molecule is CCCOc1ccc(NCC(=O)Nc2ccc(OCCOC)cc2)cc1. The third kappa shape index (κ3) is 7.03. The van der Waals surface area contributed by atoms with E-state index in [1.165, 1.54) is 0 Å². The van der Waals surface area contributed by atoms with Crippen molar-refractivity contribution in [2.45, 2.75) is 13.3 Å². The largest absolute Gasteiger partial charge is 0.494 e. The van der Waals surface area contributed by atoms with Crippen LogP contribution in [-0.4, -0.2) is 39.4 Å². The topological polar surface area (TPSA) is 68.8 Å². The second kappa shape index (κ2) is 11.0. The summed E-state index contributed by atoms with van der Waals surface area (Å²) in [7, 11) is 1.63. The van der Waals surface area contributed by atoms with Gasteiger partial charge in [0.2, 0.25) is 5.91 Å². The van der Waals surface area contributed by atoms with E-state index >= 15 is 0 Å². The van der Waals surface area contributed by atoms with Crippen LogP contribution >= 0.6 is 0 Å². The summed E-state index contributed by atoms with van der Waals surface area (Å²) in [6.45, 7) is 3.98. The number of hydrogen-bond acceptors (Lipinski definition) is 5. The Kier molecular flexibility index (Phi) is 8.29. The van der Waals surface area contributed by atoms with Crippen molar-refractivity contribution < 1.29 is 19.0 Å². The first-order valence-corrected chi connectivity index (χ1v) is 8.69. The third-order valence-electron chi connectivity index (χ3n) is 3.47. The molecule has 0 saturated heterocycles. The highest BCUT2D eigenvalue weighted by atomic mass is 16.5. The highest BCUT2D eigenvalue weighted by Crippen LogP contribution is 2.17. The van der Waals surface area contributed by atoms with Crippen LogP contribution < -0.4 is 20.1 Å². The van der Waals surface area contributed by atoms with Gasteiger partial charge < -0.3 is 24.8 Å². The number of anilines is 2. The number of rotatable bonds is 11. The second-order valence-electron chi connectivity index (χ2n) is 5.64. The minimum absolute atomic E-state index is 0.121. The lowest BCUT2D eigenvalue weighted by Gasteiger charge is -2.10. The van der Waals surface area contributed by atoms with Crippen LogP contribution in [0.1, 0.15) is 13.3 Å². The molecule has 0 aliphatic rings. The highest BCUT2D eigenvalue weighted by molar-refractivity contribution is 5.93. The van der Waals surface area contributed by atoms with Gasteiger partial charge in [-0.15, -0.1) is 0 Å². The number of ether oxygens (including phenoxy) is 3. The van der Waals surface area contributed by atoms with Crippen LogP contribution in [-0.2, 0) is 9.53 Å². The molecule has 0 aliphatic carbocycles. The molecule has 0 heterocycles. The second-order valence-corrected chi connectivity index (χ2v) is 5.64. The van der Waals surface area contributed by atoms with Crippen LogP contribution in [0.2, 0.25) is 0 Å². The highest BCUT2D eigenvalue weighted by Gasteiger charge is 2.03. The van der Waals surface area contributed by atoms with Crippen molar-refractivity contribution in [3.63, 3.8) is 0 Å². The maximum Gasteiger partial charge on any atom is 0.243 e. The van der Waals surface area contributed by atoms with Gasteiger partial charge in [0.25, 0.3) is 0 Å². The summed E-state index contributed by atoms with van der Waals surface area (Å²) < 4.78 is 15.9. The summed E-state index contributed by atoms with van der Waals surface area (Å²) in [5.74, 6) is 1.45. The third-order valence-corrected chi connectivity index (χ3v) is 3.47. The van der Waals surface area contributed by atoms with Gasteiger partial charge in [-0.2, -0.15) is 0 Å². The molecule has 1 amide bonds. The van der Waals surface area contributed by atoms with Gasteiger partial charge in [-0.3, -0.25) is 4.79 Å². The molecular formula is C20H26N2O4. The van der Waals surface area contributed by atoms with Gasteiger partial charge in [-0.05, 0) is 55.0 Å². The monoisotopic (exact) mass is 358 g/mol. The number of hydrogen-bond donors (Lipinski definition) is 2. The molecule has 0 spiro atoms. The van der Waals surface area contributed by atoms with Crippen molar-refractivity contribution in [1.82, 2.24) is 0 Å². The fraction of sp³-hybridized carbons (Fsp3) is 0.350. The van der Waals surface area contributed by atoms with Crippen molar-refractivity contribution in [3.8, 4) is 11.5 Å². The number of nitrogens with one attached hydrogen (secondary N) is 2. The van der Waals surface area contributed by atoms with Crippen molar-refractivity contribution in [2.75, 3.05) is 44.1 Å². The number of carbonyl (C=O) groups is 1. The quantitative estimate of drug-likeness (QED) is 0.601. The normalized spacial score (nSPS) is 10.2. The number of amides is 1. The predicted octanol–water partition coefficient (Wildman–Crippen LogP) is 3.55. The first-order valence-electron chi connectivity index (χ1n) is 8.69. The molecule has 26 heavy (non-hydrogen) atoms.